The molecule has 1 amide bonds. The summed E-state index contributed by atoms with van der Waals surface area (Å²) in [5.41, 5.74) is 9.45. The van der Waals surface area contributed by atoms with E-state index in [1.54, 1.807) is 17.7 Å². The van der Waals surface area contributed by atoms with E-state index in [0.29, 0.717) is 40.2 Å². The second-order valence-corrected chi connectivity index (χ2v) is 8.36. The summed E-state index contributed by atoms with van der Waals surface area (Å²) in [4.78, 5) is 17.1. The van der Waals surface area contributed by atoms with Crippen molar-refractivity contribution in [3.63, 3.8) is 0 Å². The summed E-state index contributed by atoms with van der Waals surface area (Å²) < 4.78 is 7.58. The van der Waals surface area contributed by atoms with E-state index in [-0.39, 0.29) is 0 Å². The summed E-state index contributed by atoms with van der Waals surface area (Å²) in [5, 5.41) is 8.38. The molecule has 0 aliphatic carbocycles. The fourth-order valence-corrected chi connectivity index (χ4v) is 4.24. The molecule has 3 N–H and O–H groups in total. The summed E-state index contributed by atoms with van der Waals surface area (Å²) in [7, 11) is 0. The van der Waals surface area contributed by atoms with Crippen molar-refractivity contribution in [3.05, 3.63) is 106 Å². The zero-order valence-electron chi connectivity index (χ0n) is 18.4. The topological polar surface area (TPSA) is 95.1 Å². The van der Waals surface area contributed by atoms with Crippen molar-refractivity contribution in [1.29, 1.82) is 0 Å². The van der Waals surface area contributed by atoms with Crippen molar-refractivity contribution in [2.45, 2.75) is 19.6 Å². The monoisotopic (exact) mass is 471 g/mol. The van der Waals surface area contributed by atoms with Crippen molar-refractivity contribution in [3.8, 4) is 17.1 Å². The molecule has 1 unspecified atom stereocenters. The number of rotatable bonds is 6. The van der Waals surface area contributed by atoms with E-state index in [1.165, 1.54) is 0 Å². The minimum Gasteiger partial charge on any atom is -0.489 e. The average Bonchev–Trinajstić information content (AvgIpc) is 3.26. The second kappa shape index (κ2) is 9.03. The molecule has 4 aromatic rings. The number of nitrogens with one attached hydrogen (secondary N) is 1. The Bertz CT molecular complexity index is 1380. The molecular weight excluding hydrogens is 450 g/mol. The lowest BCUT2D eigenvalue weighted by Crippen LogP contribution is -2.31. The van der Waals surface area contributed by atoms with E-state index in [2.05, 4.69) is 10.3 Å². The number of ether oxygens (including phenoxy) is 1. The highest BCUT2D eigenvalue weighted by molar-refractivity contribution is 6.33. The number of hydrogen-bond donors (Lipinski definition) is 2. The number of nitrogens with zero attached hydrogens (tertiary/aromatic N) is 3. The molecule has 1 aromatic heterocycles. The number of primary amides is 1. The van der Waals surface area contributed by atoms with Crippen LogP contribution in [0.1, 0.15) is 24.1 Å². The highest BCUT2D eigenvalue weighted by atomic mass is 35.5. The number of fused-ring (bicyclic) bond motifs is 1. The van der Waals surface area contributed by atoms with Crippen LogP contribution in [0.3, 0.4) is 0 Å². The van der Waals surface area contributed by atoms with Crippen LogP contribution < -0.4 is 15.8 Å². The molecule has 8 heteroatoms. The standard InChI is InChI=1S/C26H22ClN5O2/c1-16-22(24(28)33)23(18-11-13-19(14-12-18)34-15-17-7-3-2-4-8-17)32-26(29-16)30-25(31-32)20-9-5-6-10-21(20)27/h2-14,23H,15H2,1H3,(H2,28,33)(H,29,30,31). The van der Waals surface area contributed by atoms with Crippen molar-refractivity contribution in [2.24, 2.45) is 5.73 Å². The number of anilines is 1. The van der Waals surface area contributed by atoms with Gasteiger partial charge in [-0.1, -0.05) is 66.2 Å². The Morgan fingerprint density at radius 1 is 1.06 bits per heavy atom. The molecule has 0 bridgehead atoms. The minimum atomic E-state index is -0.541. The minimum absolute atomic E-state index is 0.418. The number of carbonyl (C=O) groups excluding carboxylic acids is 1. The molecule has 0 fully saturated rings. The lowest BCUT2D eigenvalue weighted by atomic mass is 9.95. The highest BCUT2D eigenvalue weighted by Crippen LogP contribution is 2.37. The molecule has 5 rings (SSSR count). The zero-order valence-corrected chi connectivity index (χ0v) is 19.2. The second-order valence-electron chi connectivity index (χ2n) is 7.96. The first kappa shape index (κ1) is 21.7. The molecule has 7 nitrogen and oxygen atoms in total. The normalized spacial score (nSPS) is 14.9. The van der Waals surface area contributed by atoms with Gasteiger partial charge in [0, 0.05) is 11.3 Å². The Kier molecular flexibility index (Phi) is 5.77. The Morgan fingerprint density at radius 3 is 2.47 bits per heavy atom. The summed E-state index contributed by atoms with van der Waals surface area (Å²) in [5.74, 6) is 1.16. The van der Waals surface area contributed by atoms with E-state index in [1.807, 2.05) is 72.8 Å². The van der Waals surface area contributed by atoms with Crippen molar-refractivity contribution in [2.75, 3.05) is 5.32 Å². The maximum atomic E-state index is 12.4. The SMILES string of the molecule is CC1=C(C(N)=O)C(c2ccc(OCc3ccccc3)cc2)n2nc(-c3ccccc3Cl)nc2N1. The predicted molar refractivity (Wildman–Crippen MR) is 131 cm³/mol. The van der Waals surface area contributed by atoms with E-state index in [9.17, 15) is 4.79 Å². The van der Waals surface area contributed by atoms with Crippen LogP contribution >= 0.6 is 11.6 Å². The van der Waals surface area contributed by atoms with Gasteiger partial charge < -0.3 is 15.8 Å². The first-order valence-electron chi connectivity index (χ1n) is 10.8. The fraction of sp³-hybridized carbons (Fsp3) is 0.115. The van der Waals surface area contributed by atoms with Crippen LogP contribution in [0.15, 0.2) is 90.1 Å². The maximum absolute atomic E-state index is 12.4. The van der Waals surface area contributed by atoms with Gasteiger partial charge in [-0.05, 0) is 42.3 Å². The number of allylic oxidation sites excluding steroid dienone is 1. The number of carbonyl (C=O) groups is 1. The highest BCUT2D eigenvalue weighted by Gasteiger charge is 2.33. The van der Waals surface area contributed by atoms with Crippen molar-refractivity contribution >= 4 is 23.5 Å². The van der Waals surface area contributed by atoms with Crippen molar-refractivity contribution < 1.29 is 9.53 Å². The van der Waals surface area contributed by atoms with Crippen LogP contribution in [0, 0.1) is 0 Å². The zero-order chi connectivity index (χ0) is 23.7. The molecule has 170 valence electrons. The lowest BCUT2D eigenvalue weighted by Gasteiger charge is -2.27. The van der Waals surface area contributed by atoms with Gasteiger partial charge in [0.1, 0.15) is 18.4 Å². The maximum Gasteiger partial charge on any atom is 0.248 e. The summed E-state index contributed by atoms with van der Waals surface area (Å²) >= 11 is 6.37. The Labute approximate surface area is 201 Å². The molecule has 34 heavy (non-hydrogen) atoms. The van der Waals surface area contributed by atoms with Crippen LogP contribution in [0.4, 0.5) is 5.95 Å². The van der Waals surface area contributed by atoms with Gasteiger partial charge in [0.25, 0.3) is 0 Å². The van der Waals surface area contributed by atoms with Gasteiger partial charge in [0.15, 0.2) is 5.82 Å². The van der Waals surface area contributed by atoms with E-state index in [0.717, 1.165) is 16.9 Å². The van der Waals surface area contributed by atoms with Crippen LogP contribution in [0.2, 0.25) is 5.02 Å². The van der Waals surface area contributed by atoms with Crippen molar-refractivity contribution in [1.82, 2.24) is 14.8 Å². The molecule has 1 aliphatic heterocycles. The molecule has 1 aliphatic rings. The number of hydrogen-bond acceptors (Lipinski definition) is 5. The van der Waals surface area contributed by atoms with Gasteiger partial charge >= 0.3 is 0 Å². The molecule has 2 heterocycles. The predicted octanol–water partition coefficient (Wildman–Crippen LogP) is 4.95. The van der Waals surface area contributed by atoms with Crippen LogP contribution in [0.5, 0.6) is 5.75 Å². The van der Waals surface area contributed by atoms with E-state index in [4.69, 9.17) is 27.2 Å². The van der Waals surface area contributed by atoms with E-state index < -0.39 is 11.9 Å². The van der Waals surface area contributed by atoms with E-state index >= 15 is 0 Å². The summed E-state index contributed by atoms with van der Waals surface area (Å²) in [6.07, 6.45) is 0. The molecule has 0 saturated carbocycles. The Hall–Kier alpha value is -4.10. The molecular formula is C26H22ClN5O2. The van der Waals surface area contributed by atoms with Gasteiger partial charge in [0.05, 0.1) is 10.6 Å². The lowest BCUT2D eigenvalue weighted by molar-refractivity contribution is -0.115. The molecule has 0 radical (unpaired) electrons. The van der Waals surface area contributed by atoms with Gasteiger partial charge in [-0.15, -0.1) is 5.10 Å². The molecule has 0 saturated heterocycles. The van der Waals surface area contributed by atoms with Gasteiger partial charge in [0.2, 0.25) is 11.9 Å². The Balaban J connectivity index is 1.49. The largest absolute Gasteiger partial charge is 0.489 e. The van der Waals surface area contributed by atoms with Gasteiger partial charge in [-0.2, -0.15) is 4.98 Å². The molecule has 0 spiro atoms. The van der Waals surface area contributed by atoms with Crippen LogP contribution in [-0.2, 0) is 11.4 Å². The van der Waals surface area contributed by atoms with Gasteiger partial charge in [-0.25, -0.2) is 4.68 Å². The van der Waals surface area contributed by atoms with Gasteiger partial charge in [-0.3, -0.25) is 4.79 Å². The third kappa shape index (κ3) is 4.13. The summed E-state index contributed by atoms with van der Waals surface area (Å²) in [6.45, 7) is 2.27. The number of benzene rings is 3. The first-order valence-corrected chi connectivity index (χ1v) is 11.1. The average molecular weight is 472 g/mol. The van der Waals surface area contributed by atoms with Crippen LogP contribution in [-0.4, -0.2) is 20.7 Å². The number of amides is 1. The first-order chi connectivity index (χ1) is 16.5. The molecule has 3 aromatic carbocycles. The number of nitrogens with two attached hydrogens (primary N) is 1. The smallest absolute Gasteiger partial charge is 0.248 e. The number of aromatic nitrogens is 3. The number of halogens is 1. The quantitative estimate of drug-likeness (QED) is 0.414. The third-order valence-electron chi connectivity index (χ3n) is 5.68. The summed E-state index contributed by atoms with van der Waals surface area (Å²) in [6, 6.07) is 24.3. The fourth-order valence-electron chi connectivity index (χ4n) is 4.02. The van der Waals surface area contributed by atoms with Crippen LogP contribution in [0.25, 0.3) is 11.4 Å². The third-order valence-corrected chi connectivity index (χ3v) is 6.01. The Morgan fingerprint density at radius 2 is 1.76 bits per heavy atom. The molecule has 1 atom stereocenters.